The van der Waals surface area contributed by atoms with Gasteiger partial charge in [-0.05, 0) is 55.4 Å². The van der Waals surface area contributed by atoms with Gasteiger partial charge in [0.2, 0.25) is 0 Å². The summed E-state index contributed by atoms with van der Waals surface area (Å²) in [6.45, 7) is 2.26. The number of rotatable bonds is 12. The zero-order valence-electron chi connectivity index (χ0n) is 17.5. The van der Waals surface area contributed by atoms with Crippen LogP contribution in [0, 0.1) is 0 Å². The van der Waals surface area contributed by atoms with Crippen molar-refractivity contribution in [2.75, 3.05) is 7.11 Å². The molecule has 0 aliphatic rings. The topological polar surface area (TPSA) is 26.3 Å². The van der Waals surface area contributed by atoms with Crippen LogP contribution in [-0.4, -0.2) is 13.1 Å². The smallest absolute Gasteiger partial charge is 0.337 e. The largest absolute Gasteiger partial charge is 0.465 e. The van der Waals surface area contributed by atoms with Crippen LogP contribution in [0.15, 0.2) is 60.2 Å². The summed E-state index contributed by atoms with van der Waals surface area (Å²) < 4.78 is 4.78. The first kappa shape index (κ1) is 21.9. The van der Waals surface area contributed by atoms with E-state index in [4.69, 9.17) is 4.74 Å². The van der Waals surface area contributed by atoms with Gasteiger partial charge in [-0.3, -0.25) is 0 Å². The van der Waals surface area contributed by atoms with E-state index < -0.39 is 0 Å². The molecule has 0 N–H and O–H groups in total. The molecule has 2 rings (SSSR count). The van der Waals surface area contributed by atoms with Crippen LogP contribution in [0.5, 0.6) is 0 Å². The summed E-state index contributed by atoms with van der Waals surface area (Å²) in [7, 11) is 1.42. The first-order valence-corrected chi connectivity index (χ1v) is 10.6. The zero-order chi connectivity index (χ0) is 20.0. The predicted molar refractivity (Wildman–Crippen MR) is 119 cm³/mol. The van der Waals surface area contributed by atoms with E-state index in [1.165, 1.54) is 56.8 Å². The van der Waals surface area contributed by atoms with Crippen molar-refractivity contribution in [3.63, 3.8) is 0 Å². The van der Waals surface area contributed by atoms with E-state index in [1.54, 1.807) is 0 Å². The van der Waals surface area contributed by atoms with Crippen LogP contribution in [0.2, 0.25) is 0 Å². The summed E-state index contributed by atoms with van der Waals surface area (Å²) in [6, 6.07) is 18.4. The van der Waals surface area contributed by atoms with Crippen LogP contribution in [0.1, 0.15) is 79.8 Å². The second kappa shape index (κ2) is 12.9. The molecule has 2 aromatic carbocycles. The van der Waals surface area contributed by atoms with Crippen molar-refractivity contribution in [1.29, 1.82) is 0 Å². The maximum Gasteiger partial charge on any atom is 0.337 e. The van der Waals surface area contributed by atoms with Crippen LogP contribution in [-0.2, 0) is 11.2 Å². The molecule has 0 unspecified atom stereocenters. The Bertz CT molecular complexity index is 714. The summed E-state index contributed by atoms with van der Waals surface area (Å²) in [6.07, 6.45) is 13.4. The molecule has 0 spiro atoms. The molecule has 0 bridgehead atoms. The highest BCUT2D eigenvalue weighted by Crippen LogP contribution is 2.21. The van der Waals surface area contributed by atoms with Gasteiger partial charge in [0, 0.05) is 0 Å². The Morgan fingerprint density at radius 2 is 1.54 bits per heavy atom. The fourth-order valence-corrected chi connectivity index (χ4v) is 3.46. The maximum absolute atomic E-state index is 11.6. The number of hydrogen-bond donors (Lipinski definition) is 0. The molecule has 28 heavy (non-hydrogen) atoms. The summed E-state index contributed by atoms with van der Waals surface area (Å²) in [5.74, 6) is -0.283. The molecule has 150 valence electrons. The van der Waals surface area contributed by atoms with E-state index in [0.29, 0.717) is 5.56 Å². The van der Waals surface area contributed by atoms with Crippen molar-refractivity contribution >= 4 is 12.0 Å². The molecule has 0 saturated carbocycles. The molecule has 0 aromatic heterocycles. The lowest BCUT2D eigenvalue weighted by Gasteiger charge is -2.09. The van der Waals surface area contributed by atoms with E-state index in [9.17, 15) is 4.79 Å². The van der Waals surface area contributed by atoms with Crippen molar-refractivity contribution in [3.8, 4) is 0 Å². The number of carbonyl (C=O) groups is 1. The number of esters is 1. The van der Waals surface area contributed by atoms with E-state index in [0.717, 1.165) is 24.8 Å². The van der Waals surface area contributed by atoms with Crippen molar-refractivity contribution in [3.05, 3.63) is 76.9 Å². The molecule has 0 fully saturated rings. The summed E-state index contributed by atoms with van der Waals surface area (Å²) in [4.78, 5) is 11.6. The minimum atomic E-state index is -0.283. The summed E-state index contributed by atoms with van der Waals surface area (Å²) in [5, 5.41) is 0. The highest BCUT2D eigenvalue weighted by atomic mass is 16.5. The number of ether oxygens (including phenoxy) is 1. The van der Waals surface area contributed by atoms with Gasteiger partial charge in [-0.25, -0.2) is 4.79 Å². The Morgan fingerprint density at radius 3 is 2.21 bits per heavy atom. The molecule has 0 atom stereocenters. The van der Waals surface area contributed by atoms with Gasteiger partial charge < -0.3 is 4.74 Å². The van der Waals surface area contributed by atoms with Gasteiger partial charge in [-0.1, -0.05) is 86.7 Å². The number of allylic oxidation sites excluding steroid dienone is 1. The number of hydrogen-bond acceptors (Lipinski definition) is 2. The van der Waals surface area contributed by atoms with Gasteiger partial charge in [0.1, 0.15) is 0 Å². The van der Waals surface area contributed by atoms with Gasteiger partial charge in [0.05, 0.1) is 12.7 Å². The molecule has 0 saturated heterocycles. The third-order valence-electron chi connectivity index (χ3n) is 5.11. The lowest BCUT2D eigenvalue weighted by atomic mass is 9.97. The average Bonchev–Trinajstić information content (AvgIpc) is 2.74. The highest BCUT2D eigenvalue weighted by Gasteiger charge is 2.05. The van der Waals surface area contributed by atoms with Gasteiger partial charge in [-0.15, -0.1) is 0 Å². The van der Waals surface area contributed by atoms with Gasteiger partial charge in [0.25, 0.3) is 0 Å². The van der Waals surface area contributed by atoms with Gasteiger partial charge in [-0.2, -0.15) is 0 Å². The number of benzene rings is 2. The zero-order valence-corrected chi connectivity index (χ0v) is 17.5. The lowest BCUT2D eigenvalue weighted by Crippen LogP contribution is -2.00. The van der Waals surface area contributed by atoms with Crippen LogP contribution >= 0.6 is 0 Å². The Kier molecular flexibility index (Phi) is 10.1. The highest BCUT2D eigenvalue weighted by molar-refractivity contribution is 5.89. The molecule has 2 nitrogen and oxygen atoms in total. The maximum atomic E-state index is 11.6. The quantitative estimate of drug-likeness (QED) is 0.287. The second-order valence-electron chi connectivity index (χ2n) is 7.42. The molecule has 0 aliphatic heterocycles. The van der Waals surface area contributed by atoms with Crippen molar-refractivity contribution in [2.45, 2.75) is 64.7 Å². The summed E-state index contributed by atoms with van der Waals surface area (Å²) >= 11 is 0. The molecular weight excluding hydrogens is 344 g/mol. The molecular formula is C26H34O2. The van der Waals surface area contributed by atoms with Crippen LogP contribution in [0.3, 0.4) is 0 Å². The standard InChI is InChI=1S/C26H34O2/c1-3-4-5-6-8-14-23(16-11-15-22-12-9-7-10-13-22)21-24-17-19-25(20-18-24)26(27)28-2/h7,9-10,12-13,17-21H,3-6,8,11,14-16H2,1-2H3/b23-21+. The number of unbranched alkanes of at least 4 members (excludes halogenated alkanes) is 4. The Hall–Kier alpha value is -2.35. The number of aryl methyl sites for hydroxylation is 1. The van der Waals surface area contributed by atoms with Crippen molar-refractivity contribution in [1.82, 2.24) is 0 Å². The van der Waals surface area contributed by atoms with Gasteiger partial charge in [0.15, 0.2) is 0 Å². The minimum absolute atomic E-state index is 0.283. The number of methoxy groups -OCH3 is 1. The van der Waals surface area contributed by atoms with Crippen LogP contribution in [0.25, 0.3) is 6.08 Å². The van der Waals surface area contributed by atoms with E-state index in [2.05, 4.69) is 43.3 Å². The average molecular weight is 379 g/mol. The van der Waals surface area contributed by atoms with Crippen molar-refractivity contribution < 1.29 is 9.53 Å². The molecule has 2 heteroatoms. The fraction of sp³-hybridized carbons (Fsp3) is 0.423. The third kappa shape index (κ3) is 8.12. The van der Waals surface area contributed by atoms with Crippen LogP contribution in [0.4, 0.5) is 0 Å². The van der Waals surface area contributed by atoms with Crippen molar-refractivity contribution in [2.24, 2.45) is 0 Å². The number of carbonyl (C=O) groups excluding carboxylic acids is 1. The normalized spacial score (nSPS) is 11.4. The van der Waals surface area contributed by atoms with Gasteiger partial charge >= 0.3 is 5.97 Å². The Balaban J connectivity index is 1.97. The lowest BCUT2D eigenvalue weighted by molar-refractivity contribution is 0.0600. The van der Waals surface area contributed by atoms with E-state index in [1.807, 2.05) is 24.3 Å². The van der Waals surface area contributed by atoms with E-state index in [-0.39, 0.29) is 5.97 Å². The second-order valence-corrected chi connectivity index (χ2v) is 7.42. The Labute approximate surface area is 170 Å². The molecule has 2 aromatic rings. The summed E-state index contributed by atoms with van der Waals surface area (Å²) in [5.41, 5.74) is 4.69. The molecule has 0 heterocycles. The predicted octanol–water partition coefficient (Wildman–Crippen LogP) is 7.24. The third-order valence-corrected chi connectivity index (χ3v) is 5.11. The minimum Gasteiger partial charge on any atom is -0.465 e. The first-order chi connectivity index (χ1) is 13.7. The van der Waals surface area contributed by atoms with E-state index >= 15 is 0 Å². The van der Waals surface area contributed by atoms with Crippen LogP contribution < -0.4 is 0 Å². The molecule has 0 radical (unpaired) electrons. The molecule has 0 aliphatic carbocycles. The fourth-order valence-electron chi connectivity index (χ4n) is 3.46. The molecule has 0 amide bonds. The first-order valence-electron chi connectivity index (χ1n) is 10.6. The SMILES string of the molecule is CCCCCCC/C(=C\c1ccc(C(=O)OC)cc1)CCCc1ccccc1. The Morgan fingerprint density at radius 1 is 0.857 bits per heavy atom. The monoisotopic (exact) mass is 378 g/mol.